The lowest BCUT2D eigenvalue weighted by Gasteiger charge is -2.31. The van der Waals surface area contributed by atoms with Gasteiger partial charge in [0.2, 0.25) is 11.7 Å². The number of carbonyl (C=O) groups excluding carboxylic acids is 2. The summed E-state index contributed by atoms with van der Waals surface area (Å²) < 4.78 is 5.24. The van der Waals surface area contributed by atoms with Gasteiger partial charge in [-0.05, 0) is 12.8 Å². The number of nitrogens with zero attached hydrogens (tertiary/aromatic N) is 2. The molecule has 1 unspecified atom stereocenters. The van der Waals surface area contributed by atoms with Crippen molar-refractivity contribution in [1.29, 1.82) is 0 Å². The number of amides is 2. The molecule has 7 heteroatoms. The number of likely N-dealkylation sites (tertiary alicyclic amines) is 1. The van der Waals surface area contributed by atoms with Crippen LogP contribution in [0.2, 0.25) is 0 Å². The van der Waals surface area contributed by atoms with Crippen LogP contribution in [0.1, 0.15) is 23.4 Å². The van der Waals surface area contributed by atoms with E-state index >= 15 is 0 Å². The molecule has 0 aliphatic carbocycles. The highest BCUT2D eigenvalue weighted by Crippen LogP contribution is 2.22. The molecule has 7 nitrogen and oxygen atoms in total. The zero-order valence-electron chi connectivity index (χ0n) is 14.0. The van der Waals surface area contributed by atoms with Crippen LogP contribution in [0.15, 0.2) is 40.9 Å². The van der Waals surface area contributed by atoms with Crippen molar-refractivity contribution in [3.8, 4) is 11.3 Å². The van der Waals surface area contributed by atoms with Gasteiger partial charge >= 0.3 is 0 Å². The van der Waals surface area contributed by atoms with Crippen molar-refractivity contribution in [1.82, 2.24) is 15.4 Å². The second-order valence-corrected chi connectivity index (χ2v) is 6.11. The van der Waals surface area contributed by atoms with Crippen molar-refractivity contribution in [2.24, 2.45) is 11.7 Å². The first-order valence-electron chi connectivity index (χ1n) is 8.48. The highest BCUT2D eigenvalue weighted by molar-refractivity contribution is 5.93. The molecule has 2 heterocycles. The van der Waals surface area contributed by atoms with Crippen LogP contribution in [0.25, 0.3) is 11.3 Å². The Bertz CT molecular complexity index is 729. The molecule has 0 spiro atoms. The normalized spacial score (nSPS) is 17.3. The zero-order chi connectivity index (χ0) is 17.6. The first-order chi connectivity index (χ1) is 12.2. The number of nitrogens with two attached hydrogens (primary N) is 1. The SMILES string of the molecule is NCCNC(=O)C1CCCN(C(=O)c2cc(-c3ccccc3)no2)C1. The molecule has 1 atom stereocenters. The molecule has 0 bridgehead atoms. The minimum atomic E-state index is -0.231. The number of hydrogen-bond acceptors (Lipinski definition) is 5. The summed E-state index contributed by atoms with van der Waals surface area (Å²) in [6.45, 7) is 1.85. The van der Waals surface area contributed by atoms with Crippen LogP contribution in [0.5, 0.6) is 0 Å². The number of benzene rings is 1. The Morgan fingerprint density at radius 2 is 2.12 bits per heavy atom. The highest BCUT2D eigenvalue weighted by atomic mass is 16.5. The van der Waals surface area contributed by atoms with E-state index in [1.54, 1.807) is 11.0 Å². The van der Waals surface area contributed by atoms with Gasteiger partial charge in [-0.3, -0.25) is 9.59 Å². The lowest BCUT2D eigenvalue weighted by Crippen LogP contribution is -2.46. The Labute approximate surface area is 146 Å². The van der Waals surface area contributed by atoms with E-state index < -0.39 is 0 Å². The van der Waals surface area contributed by atoms with Gasteiger partial charge in [0.1, 0.15) is 5.69 Å². The van der Waals surface area contributed by atoms with Crippen molar-refractivity contribution >= 4 is 11.8 Å². The third-order valence-electron chi connectivity index (χ3n) is 4.31. The number of rotatable bonds is 5. The summed E-state index contributed by atoms with van der Waals surface area (Å²) in [4.78, 5) is 26.4. The molecule has 1 aromatic heterocycles. The standard InChI is InChI=1S/C18H22N4O3/c19-8-9-20-17(23)14-7-4-10-22(12-14)18(24)16-11-15(21-25-16)13-5-2-1-3-6-13/h1-3,5-6,11,14H,4,7-10,12,19H2,(H,20,23). The number of piperidine rings is 1. The molecule has 1 aliphatic rings. The van der Waals surface area contributed by atoms with E-state index in [2.05, 4.69) is 10.5 Å². The summed E-state index contributed by atoms with van der Waals surface area (Å²) in [5, 5.41) is 6.77. The van der Waals surface area contributed by atoms with Gasteiger partial charge in [-0.25, -0.2) is 0 Å². The maximum Gasteiger partial charge on any atom is 0.292 e. The third-order valence-corrected chi connectivity index (χ3v) is 4.31. The van der Waals surface area contributed by atoms with Crippen molar-refractivity contribution in [3.05, 3.63) is 42.2 Å². The molecule has 0 radical (unpaired) electrons. The van der Waals surface area contributed by atoms with Crippen LogP contribution < -0.4 is 11.1 Å². The molecule has 1 saturated heterocycles. The van der Waals surface area contributed by atoms with Crippen LogP contribution >= 0.6 is 0 Å². The van der Waals surface area contributed by atoms with Crippen molar-refractivity contribution in [3.63, 3.8) is 0 Å². The van der Waals surface area contributed by atoms with Gasteiger partial charge in [0.15, 0.2) is 0 Å². The molecular formula is C18H22N4O3. The Morgan fingerprint density at radius 3 is 2.88 bits per heavy atom. The second-order valence-electron chi connectivity index (χ2n) is 6.11. The molecule has 132 valence electrons. The van der Waals surface area contributed by atoms with E-state index in [0.29, 0.717) is 31.9 Å². The average molecular weight is 342 g/mol. The van der Waals surface area contributed by atoms with Crippen molar-refractivity contribution in [2.75, 3.05) is 26.2 Å². The van der Waals surface area contributed by atoms with Crippen molar-refractivity contribution in [2.45, 2.75) is 12.8 Å². The first kappa shape index (κ1) is 17.2. The summed E-state index contributed by atoms with van der Waals surface area (Å²) in [5.41, 5.74) is 6.92. The average Bonchev–Trinajstić information content (AvgIpc) is 3.16. The Balaban J connectivity index is 1.66. The number of hydrogen-bond donors (Lipinski definition) is 2. The molecule has 1 fully saturated rings. The second kappa shape index (κ2) is 7.94. The lowest BCUT2D eigenvalue weighted by molar-refractivity contribution is -0.126. The number of aromatic nitrogens is 1. The van der Waals surface area contributed by atoms with E-state index in [1.807, 2.05) is 30.3 Å². The summed E-state index contributed by atoms with van der Waals surface area (Å²) in [5.74, 6) is -0.292. The van der Waals surface area contributed by atoms with Crippen LogP contribution in [0.4, 0.5) is 0 Å². The van der Waals surface area contributed by atoms with Gasteiger partial charge in [0, 0.05) is 37.8 Å². The summed E-state index contributed by atoms with van der Waals surface area (Å²) in [7, 11) is 0. The largest absolute Gasteiger partial charge is 0.355 e. The summed E-state index contributed by atoms with van der Waals surface area (Å²) >= 11 is 0. The Hall–Kier alpha value is -2.67. The Morgan fingerprint density at radius 1 is 1.32 bits per heavy atom. The molecule has 1 aromatic carbocycles. The molecule has 2 aromatic rings. The van der Waals surface area contributed by atoms with Gasteiger partial charge in [-0.2, -0.15) is 0 Å². The predicted octanol–water partition coefficient (Wildman–Crippen LogP) is 1.27. The lowest BCUT2D eigenvalue weighted by atomic mass is 9.97. The van der Waals surface area contributed by atoms with Crippen molar-refractivity contribution < 1.29 is 14.1 Å². The topological polar surface area (TPSA) is 101 Å². The zero-order valence-corrected chi connectivity index (χ0v) is 14.0. The maximum absolute atomic E-state index is 12.7. The molecule has 0 saturated carbocycles. The van der Waals surface area contributed by atoms with Gasteiger partial charge in [-0.15, -0.1) is 0 Å². The fourth-order valence-corrected chi connectivity index (χ4v) is 2.99. The monoisotopic (exact) mass is 342 g/mol. The quantitative estimate of drug-likeness (QED) is 0.852. The summed E-state index contributed by atoms with van der Waals surface area (Å²) in [6, 6.07) is 11.2. The fraction of sp³-hybridized carbons (Fsp3) is 0.389. The molecule has 1 aliphatic heterocycles. The molecule has 25 heavy (non-hydrogen) atoms. The van der Waals surface area contributed by atoms with Gasteiger partial charge in [-0.1, -0.05) is 35.5 Å². The molecular weight excluding hydrogens is 320 g/mol. The van der Waals surface area contributed by atoms with E-state index in [0.717, 1.165) is 18.4 Å². The van der Waals surface area contributed by atoms with Crippen LogP contribution in [0, 0.1) is 5.92 Å². The van der Waals surface area contributed by atoms with Crippen LogP contribution in [-0.2, 0) is 4.79 Å². The fourth-order valence-electron chi connectivity index (χ4n) is 2.99. The van der Waals surface area contributed by atoms with Gasteiger partial charge < -0.3 is 20.5 Å². The smallest absolute Gasteiger partial charge is 0.292 e. The van der Waals surface area contributed by atoms with Crippen LogP contribution in [0.3, 0.4) is 0 Å². The molecule has 3 rings (SSSR count). The minimum absolute atomic E-state index is 0.0505. The number of nitrogens with one attached hydrogen (secondary N) is 1. The predicted molar refractivity (Wildman–Crippen MR) is 92.6 cm³/mol. The highest BCUT2D eigenvalue weighted by Gasteiger charge is 2.30. The Kier molecular flexibility index (Phi) is 5.45. The van der Waals surface area contributed by atoms with E-state index in [1.165, 1.54) is 0 Å². The van der Waals surface area contributed by atoms with Gasteiger partial charge in [0.05, 0.1) is 5.92 Å². The first-order valence-corrected chi connectivity index (χ1v) is 8.48. The van der Waals surface area contributed by atoms with E-state index in [4.69, 9.17) is 10.3 Å². The molecule has 2 amide bonds. The number of carbonyl (C=O) groups is 2. The van der Waals surface area contributed by atoms with E-state index in [-0.39, 0.29) is 23.5 Å². The van der Waals surface area contributed by atoms with Gasteiger partial charge in [0.25, 0.3) is 5.91 Å². The maximum atomic E-state index is 12.7. The minimum Gasteiger partial charge on any atom is -0.355 e. The van der Waals surface area contributed by atoms with E-state index in [9.17, 15) is 9.59 Å². The summed E-state index contributed by atoms with van der Waals surface area (Å²) in [6.07, 6.45) is 1.55. The van der Waals surface area contributed by atoms with Crippen LogP contribution in [-0.4, -0.2) is 48.0 Å². The third kappa shape index (κ3) is 4.06. The molecule has 3 N–H and O–H groups in total.